The van der Waals surface area contributed by atoms with Gasteiger partial charge in [0, 0.05) is 16.3 Å². The largest absolute Gasteiger partial charge is 0.453 e. The first-order valence-corrected chi connectivity index (χ1v) is 6.26. The van der Waals surface area contributed by atoms with Gasteiger partial charge >= 0.3 is 0 Å². The van der Waals surface area contributed by atoms with Crippen molar-refractivity contribution in [3.63, 3.8) is 0 Å². The van der Waals surface area contributed by atoms with Crippen molar-refractivity contribution in [1.82, 2.24) is 0 Å². The van der Waals surface area contributed by atoms with Gasteiger partial charge in [-0.15, -0.1) is 0 Å². The van der Waals surface area contributed by atoms with E-state index in [0.717, 1.165) is 22.1 Å². The van der Waals surface area contributed by atoms with E-state index >= 15 is 0 Å². The maximum atomic E-state index is 12.2. The highest BCUT2D eigenvalue weighted by molar-refractivity contribution is 7.08. The van der Waals surface area contributed by atoms with Gasteiger partial charge in [-0.2, -0.15) is 11.3 Å². The number of para-hydroxylation sites is 1. The molecule has 0 saturated carbocycles. The molecule has 3 rings (SSSR count). The smallest absolute Gasteiger partial charge is 0.229 e. The second kappa shape index (κ2) is 3.86. The van der Waals surface area contributed by atoms with E-state index in [1.807, 2.05) is 41.9 Å². The van der Waals surface area contributed by atoms with Gasteiger partial charge in [0.1, 0.15) is 5.58 Å². The lowest BCUT2D eigenvalue weighted by molar-refractivity contribution is 0.101. The van der Waals surface area contributed by atoms with Crippen molar-refractivity contribution in [2.45, 2.75) is 6.92 Å². The molecule has 2 aromatic heterocycles. The van der Waals surface area contributed by atoms with Gasteiger partial charge in [0.25, 0.3) is 0 Å². The SMILES string of the molecule is Cc1cscc1C(=O)c1cc2ccccc2o1. The molecular weight excluding hydrogens is 232 g/mol. The Bertz CT molecular complexity index is 658. The summed E-state index contributed by atoms with van der Waals surface area (Å²) >= 11 is 1.53. The van der Waals surface area contributed by atoms with Gasteiger partial charge in [0.05, 0.1) is 0 Å². The van der Waals surface area contributed by atoms with Crippen LogP contribution in [0.3, 0.4) is 0 Å². The Morgan fingerprint density at radius 1 is 1.24 bits per heavy atom. The molecule has 0 aliphatic carbocycles. The average molecular weight is 242 g/mol. The van der Waals surface area contributed by atoms with Crippen LogP contribution < -0.4 is 0 Å². The molecule has 0 aliphatic rings. The summed E-state index contributed by atoms with van der Waals surface area (Å²) in [4.78, 5) is 12.2. The number of rotatable bonds is 2. The minimum Gasteiger partial charge on any atom is -0.453 e. The van der Waals surface area contributed by atoms with Gasteiger partial charge in [-0.25, -0.2) is 0 Å². The van der Waals surface area contributed by atoms with Crippen molar-refractivity contribution in [1.29, 1.82) is 0 Å². The topological polar surface area (TPSA) is 30.2 Å². The molecule has 0 atom stereocenters. The summed E-state index contributed by atoms with van der Waals surface area (Å²) in [6.07, 6.45) is 0. The Morgan fingerprint density at radius 3 is 2.76 bits per heavy atom. The molecule has 0 spiro atoms. The molecule has 0 amide bonds. The summed E-state index contributed by atoms with van der Waals surface area (Å²) in [5.41, 5.74) is 2.48. The van der Waals surface area contributed by atoms with E-state index in [1.54, 1.807) is 6.07 Å². The Balaban J connectivity index is 2.10. The van der Waals surface area contributed by atoms with Crippen LogP contribution in [-0.4, -0.2) is 5.78 Å². The van der Waals surface area contributed by atoms with Gasteiger partial charge in [0.2, 0.25) is 5.78 Å². The molecule has 2 heterocycles. The molecule has 3 heteroatoms. The number of fused-ring (bicyclic) bond motifs is 1. The van der Waals surface area contributed by atoms with E-state index in [4.69, 9.17) is 4.42 Å². The Kier molecular flexibility index (Phi) is 2.34. The summed E-state index contributed by atoms with van der Waals surface area (Å²) in [6.45, 7) is 1.94. The third kappa shape index (κ3) is 1.68. The minimum atomic E-state index is -0.0417. The monoisotopic (exact) mass is 242 g/mol. The van der Waals surface area contributed by atoms with Gasteiger partial charge < -0.3 is 4.42 Å². The van der Waals surface area contributed by atoms with Crippen LogP contribution in [0.25, 0.3) is 11.0 Å². The van der Waals surface area contributed by atoms with Crippen LogP contribution in [0.2, 0.25) is 0 Å². The number of hydrogen-bond acceptors (Lipinski definition) is 3. The highest BCUT2D eigenvalue weighted by atomic mass is 32.1. The molecule has 0 saturated heterocycles. The number of hydrogen-bond donors (Lipinski definition) is 0. The molecule has 3 aromatic rings. The van der Waals surface area contributed by atoms with E-state index in [2.05, 4.69) is 0 Å². The molecule has 0 N–H and O–H groups in total. The minimum absolute atomic E-state index is 0.0417. The number of aryl methyl sites for hydroxylation is 1. The number of carbonyl (C=O) groups excluding carboxylic acids is 1. The van der Waals surface area contributed by atoms with Gasteiger partial charge in [-0.1, -0.05) is 18.2 Å². The molecule has 2 nitrogen and oxygen atoms in total. The zero-order chi connectivity index (χ0) is 11.8. The van der Waals surface area contributed by atoms with E-state index in [0.29, 0.717) is 5.76 Å². The number of furan rings is 1. The van der Waals surface area contributed by atoms with E-state index in [1.165, 1.54) is 11.3 Å². The summed E-state index contributed by atoms with van der Waals surface area (Å²) in [6, 6.07) is 9.44. The first-order chi connectivity index (χ1) is 8.25. The summed E-state index contributed by atoms with van der Waals surface area (Å²) in [5, 5.41) is 4.80. The van der Waals surface area contributed by atoms with Crippen LogP contribution in [0.15, 0.2) is 45.5 Å². The lowest BCUT2D eigenvalue weighted by atomic mass is 10.1. The summed E-state index contributed by atoms with van der Waals surface area (Å²) in [7, 11) is 0. The Hall–Kier alpha value is -1.87. The van der Waals surface area contributed by atoms with Crippen LogP contribution in [-0.2, 0) is 0 Å². The van der Waals surface area contributed by atoms with Crippen LogP contribution >= 0.6 is 11.3 Å². The van der Waals surface area contributed by atoms with E-state index < -0.39 is 0 Å². The number of carbonyl (C=O) groups is 1. The van der Waals surface area contributed by atoms with E-state index in [9.17, 15) is 4.79 Å². The van der Waals surface area contributed by atoms with Gasteiger partial charge in [-0.3, -0.25) is 4.79 Å². The predicted molar refractivity (Wildman–Crippen MR) is 68.7 cm³/mol. The van der Waals surface area contributed by atoms with Gasteiger partial charge in [-0.05, 0) is 30.0 Å². The fraction of sp³-hybridized carbons (Fsp3) is 0.0714. The maximum absolute atomic E-state index is 12.2. The average Bonchev–Trinajstić information content (AvgIpc) is 2.93. The summed E-state index contributed by atoms with van der Waals surface area (Å²) < 4.78 is 5.56. The molecular formula is C14H10O2S. The fourth-order valence-electron chi connectivity index (χ4n) is 1.82. The first-order valence-electron chi connectivity index (χ1n) is 5.32. The van der Waals surface area contributed by atoms with Crippen LogP contribution in [0.5, 0.6) is 0 Å². The molecule has 0 bridgehead atoms. The number of thiophene rings is 1. The fourth-order valence-corrected chi connectivity index (χ4v) is 2.65. The van der Waals surface area contributed by atoms with Gasteiger partial charge in [0.15, 0.2) is 5.76 Å². The molecule has 0 aliphatic heterocycles. The second-order valence-electron chi connectivity index (χ2n) is 3.95. The molecule has 84 valence electrons. The van der Waals surface area contributed by atoms with Crippen LogP contribution in [0.1, 0.15) is 21.7 Å². The van der Waals surface area contributed by atoms with Crippen molar-refractivity contribution in [2.24, 2.45) is 0 Å². The van der Waals surface area contributed by atoms with E-state index in [-0.39, 0.29) is 5.78 Å². The third-order valence-electron chi connectivity index (χ3n) is 2.75. The highest BCUT2D eigenvalue weighted by Crippen LogP contribution is 2.23. The first kappa shape index (κ1) is 10.3. The van der Waals surface area contributed by atoms with Crippen molar-refractivity contribution in [2.75, 3.05) is 0 Å². The summed E-state index contributed by atoms with van der Waals surface area (Å²) in [5.74, 6) is 0.368. The van der Waals surface area contributed by atoms with Crippen LogP contribution in [0, 0.1) is 6.92 Å². The number of ketones is 1. The van der Waals surface area contributed by atoms with Crippen molar-refractivity contribution in [3.05, 3.63) is 58.0 Å². The Morgan fingerprint density at radius 2 is 2.06 bits per heavy atom. The molecule has 17 heavy (non-hydrogen) atoms. The van der Waals surface area contributed by atoms with Crippen molar-refractivity contribution >= 4 is 28.1 Å². The molecule has 1 aromatic carbocycles. The molecule has 0 unspecified atom stereocenters. The standard InChI is InChI=1S/C14H10O2S/c1-9-7-17-8-11(9)14(15)13-6-10-4-2-3-5-12(10)16-13/h2-8H,1H3. The normalized spacial score (nSPS) is 10.9. The Labute approximate surface area is 102 Å². The number of benzene rings is 1. The zero-order valence-electron chi connectivity index (χ0n) is 9.27. The lowest BCUT2D eigenvalue weighted by Crippen LogP contribution is -1.99. The second-order valence-corrected chi connectivity index (χ2v) is 4.69. The molecule has 0 radical (unpaired) electrons. The third-order valence-corrected chi connectivity index (χ3v) is 3.61. The van der Waals surface area contributed by atoms with Crippen molar-refractivity contribution in [3.8, 4) is 0 Å². The van der Waals surface area contributed by atoms with Crippen molar-refractivity contribution < 1.29 is 9.21 Å². The zero-order valence-corrected chi connectivity index (χ0v) is 10.1. The maximum Gasteiger partial charge on any atom is 0.229 e. The quantitative estimate of drug-likeness (QED) is 0.635. The highest BCUT2D eigenvalue weighted by Gasteiger charge is 2.16. The van der Waals surface area contributed by atoms with Crippen LogP contribution in [0.4, 0.5) is 0 Å². The molecule has 0 fully saturated rings. The lowest BCUT2D eigenvalue weighted by Gasteiger charge is -1.94. The predicted octanol–water partition coefficient (Wildman–Crippen LogP) is 4.03.